The molecule has 0 saturated heterocycles. The van der Waals surface area contributed by atoms with Crippen LogP contribution in [0.3, 0.4) is 0 Å². The first-order valence-electron chi connectivity index (χ1n) is 1.70. The van der Waals surface area contributed by atoms with Crippen molar-refractivity contribution in [3.8, 4) is 0 Å². The Labute approximate surface area is 43.2 Å². The SMILES string of the molecule is O=C(CF)OC(F)F. The van der Waals surface area contributed by atoms with E-state index in [2.05, 4.69) is 4.74 Å². The van der Waals surface area contributed by atoms with Crippen LogP contribution in [0.15, 0.2) is 0 Å². The summed E-state index contributed by atoms with van der Waals surface area (Å²) in [6.45, 7) is -4.72. The van der Waals surface area contributed by atoms with Gasteiger partial charge in [-0.25, -0.2) is 9.18 Å². The Morgan fingerprint density at radius 1 is 1.62 bits per heavy atom. The van der Waals surface area contributed by atoms with Crippen LogP contribution in [0.4, 0.5) is 13.2 Å². The van der Waals surface area contributed by atoms with Gasteiger partial charge in [-0.1, -0.05) is 0 Å². The van der Waals surface area contributed by atoms with Crippen LogP contribution >= 0.6 is 0 Å². The van der Waals surface area contributed by atoms with E-state index in [1.54, 1.807) is 0 Å². The van der Waals surface area contributed by atoms with E-state index in [0.29, 0.717) is 0 Å². The highest BCUT2D eigenvalue weighted by atomic mass is 19.3. The fraction of sp³-hybridized carbons (Fsp3) is 0.667. The van der Waals surface area contributed by atoms with Crippen LogP contribution in [0.1, 0.15) is 0 Å². The first-order chi connectivity index (χ1) is 3.66. The van der Waals surface area contributed by atoms with Gasteiger partial charge in [0.05, 0.1) is 0 Å². The van der Waals surface area contributed by atoms with E-state index in [9.17, 15) is 18.0 Å². The van der Waals surface area contributed by atoms with Crippen molar-refractivity contribution in [1.82, 2.24) is 0 Å². The molecule has 8 heavy (non-hydrogen) atoms. The third-order valence-corrected chi connectivity index (χ3v) is 0.330. The molecule has 0 atom stereocenters. The predicted molar refractivity (Wildman–Crippen MR) is 18.1 cm³/mol. The summed E-state index contributed by atoms with van der Waals surface area (Å²) in [4.78, 5) is 9.54. The summed E-state index contributed by atoms with van der Waals surface area (Å²) in [5, 5.41) is 0. The van der Waals surface area contributed by atoms with Crippen molar-refractivity contribution in [3.63, 3.8) is 0 Å². The number of rotatable bonds is 2. The van der Waals surface area contributed by atoms with Crippen LogP contribution in [0.5, 0.6) is 0 Å². The molecule has 2 nitrogen and oxygen atoms in total. The number of esters is 1. The van der Waals surface area contributed by atoms with Crippen molar-refractivity contribution in [2.24, 2.45) is 0 Å². The predicted octanol–water partition coefficient (Wildman–Crippen LogP) is 0.722. The Morgan fingerprint density at radius 2 is 2.12 bits per heavy atom. The number of carbonyl (C=O) groups excluding carboxylic acids is 1. The van der Waals surface area contributed by atoms with Crippen LogP contribution in [-0.4, -0.2) is 19.3 Å². The molecule has 0 amide bonds. The van der Waals surface area contributed by atoms with Gasteiger partial charge in [0, 0.05) is 0 Å². The van der Waals surface area contributed by atoms with Gasteiger partial charge in [-0.05, 0) is 0 Å². The van der Waals surface area contributed by atoms with Gasteiger partial charge in [0.1, 0.15) is 0 Å². The second-order valence-corrected chi connectivity index (χ2v) is 0.884. The second kappa shape index (κ2) is 3.29. The molecule has 0 aliphatic carbocycles. The lowest BCUT2D eigenvalue weighted by Gasteiger charge is -1.95. The maximum atomic E-state index is 10.9. The molecule has 48 valence electrons. The minimum atomic E-state index is -3.21. The lowest BCUT2D eigenvalue weighted by Crippen LogP contribution is -2.10. The van der Waals surface area contributed by atoms with Crippen LogP contribution in [0.25, 0.3) is 0 Å². The molecule has 0 aromatic heterocycles. The van der Waals surface area contributed by atoms with E-state index >= 15 is 0 Å². The van der Waals surface area contributed by atoms with Gasteiger partial charge in [0.2, 0.25) is 0 Å². The van der Waals surface area contributed by atoms with Crippen molar-refractivity contribution in [2.45, 2.75) is 6.61 Å². The van der Waals surface area contributed by atoms with E-state index < -0.39 is 19.3 Å². The normalized spacial score (nSPS) is 9.50. The van der Waals surface area contributed by atoms with E-state index in [4.69, 9.17) is 0 Å². The van der Waals surface area contributed by atoms with E-state index in [1.807, 2.05) is 0 Å². The summed E-state index contributed by atoms with van der Waals surface area (Å²) in [7, 11) is 0. The molecular formula is C3H3F3O2. The number of hydrogen-bond acceptors (Lipinski definition) is 2. The highest BCUT2D eigenvalue weighted by Gasteiger charge is 2.08. The van der Waals surface area contributed by atoms with E-state index in [1.165, 1.54) is 0 Å². The van der Waals surface area contributed by atoms with Crippen LogP contribution in [0.2, 0.25) is 0 Å². The van der Waals surface area contributed by atoms with Gasteiger partial charge in [-0.2, -0.15) is 8.78 Å². The molecule has 0 heterocycles. The summed E-state index contributed by atoms with van der Waals surface area (Å²) in [5.41, 5.74) is 0. The molecule has 0 radical (unpaired) electrons. The lowest BCUT2D eigenvalue weighted by atomic mass is 10.8. The molecular weight excluding hydrogens is 125 g/mol. The molecule has 0 rings (SSSR count). The third-order valence-electron chi connectivity index (χ3n) is 0.330. The molecule has 0 spiro atoms. The first-order valence-corrected chi connectivity index (χ1v) is 1.70. The monoisotopic (exact) mass is 128 g/mol. The number of halogens is 3. The fourth-order valence-corrected chi connectivity index (χ4v) is 0.131. The Balaban J connectivity index is 3.25. The maximum absolute atomic E-state index is 10.9. The molecule has 0 bridgehead atoms. The maximum Gasteiger partial charge on any atom is 0.389 e. The zero-order valence-corrected chi connectivity index (χ0v) is 3.73. The highest BCUT2D eigenvalue weighted by molar-refractivity contribution is 5.70. The average Bonchev–Trinajstić information content (AvgIpc) is 1.65. The number of alkyl halides is 3. The van der Waals surface area contributed by atoms with Gasteiger partial charge < -0.3 is 4.74 Å². The van der Waals surface area contributed by atoms with Gasteiger partial charge in [-0.3, -0.25) is 0 Å². The highest BCUT2D eigenvalue weighted by Crippen LogP contribution is 1.94. The number of ether oxygens (including phenoxy) is 1. The minimum Gasteiger partial charge on any atom is -0.401 e. The van der Waals surface area contributed by atoms with Gasteiger partial charge in [0.25, 0.3) is 0 Å². The largest absolute Gasteiger partial charge is 0.401 e. The molecule has 0 aliphatic heterocycles. The molecule has 0 saturated carbocycles. The van der Waals surface area contributed by atoms with E-state index in [0.717, 1.165) is 0 Å². The fourth-order valence-electron chi connectivity index (χ4n) is 0.131. The average molecular weight is 128 g/mol. The third kappa shape index (κ3) is 3.45. The van der Waals surface area contributed by atoms with Crippen molar-refractivity contribution < 1.29 is 22.7 Å². The number of hydrogen-bond donors (Lipinski definition) is 0. The molecule has 0 fully saturated rings. The van der Waals surface area contributed by atoms with Crippen LogP contribution in [-0.2, 0) is 9.53 Å². The van der Waals surface area contributed by atoms with Crippen molar-refractivity contribution in [3.05, 3.63) is 0 Å². The second-order valence-electron chi connectivity index (χ2n) is 0.884. The summed E-state index contributed by atoms with van der Waals surface area (Å²) < 4.78 is 35.7. The molecule has 0 N–H and O–H groups in total. The Morgan fingerprint density at radius 3 is 2.25 bits per heavy atom. The zero-order chi connectivity index (χ0) is 6.57. The minimum absolute atomic E-state index is 1.51. The molecule has 0 aromatic carbocycles. The van der Waals surface area contributed by atoms with Gasteiger partial charge in [-0.15, -0.1) is 0 Å². The summed E-state index contributed by atoms with van der Waals surface area (Å²) in [5.74, 6) is -1.54. The van der Waals surface area contributed by atoms with Crippen molar-refractivity contribution in [2.75, 3.05) is 6.67 Å². The topological polar surface area (TPSA) is 26.3 Å². The summed E-state index contributed by atoms with van der Waals surface area (Å²) in [6.07, 6.45) is 0. The smallest absolute Gasteiger partial charge is 0.389 e. The number of carbonyl (C=O) groups is 1. The standard InChI is InChI=1S/C3H3F3O2/c4-1-2(7)8-3(5)6/h3H,1H2. The van der Waals surface area contributed by atoms with E-state index in [-0.39, 0.29) is 0 Å². The lowest BCUT2D eigenvalue weighted by molar-refractivity contribution is -0.177. The Bertz CT molecular complexity index is 82.6. The van der Waals surface area contributed by atoms with Crippen LogP contribution in [0, 0.1) is 0 Å². The van der Waals surface area contributed by atoms with Crippen molar-refractivity contribution >= 4 is 5.97 Å². The summed E-state index contributed by atoms with van der Waals surface area (Å²) in [6, 6.07) is 0. The quantitative estimate of drug-likeness (QED) is 0.512. The van der Waals surface area contributed by atoms with Gasteiger partial charge in [0.15, 0.2) is 6.67 Å². The Kier molecular flexibility index (Phi) is 2.98. The molecule has 0 aromatic rings. The molecule has 0 aliphatic rings. The molecule has 0 unspecified atom stereocenters. The van der Waals surface area contributed by atoms with Crippen LogP contribution < -0.4 is 0 Å². The van der Waals surface area contributed by atoms with Crippen molar-refractivity contribution in [1.29, 1.82) is 0 Å². The zero-order valence-electron chi connectivity index (χ0n) is 3.73. The summed E-state index contributed by atoms with van der Waals surface area (Å²) >= 11 is 0. The first kappa shape index (κ1) is 7.26. The molecule has 5 heteroatoms. The van der Waals surface area contributed by atoms with Gasteiger partial charge >= 0.3 is 12.6 Å². The Hall–Kier alpha value is -0.740.